The van der Waals surface area contributed by atoms with Crippen LogP contribution in [0.5, 0.6) is 5.88 Å². The summed E-state index contributed by atoms with van der Waals surface area (Å²) in [5, 5.41) is 12.5. The fourth-order valence-corrected chi connectivity index (χ4v) is 3.13. The van der Waals surface area contributed by atoms with Gasteiger partial charge in [0.05, 0.1) is 13.0 Å². The van der Waals surface area contributed by atoms with Crippen LogP contribution in [0.3, 0.4) is 0 Å². The molecule has 1 saturated heterocycles. The number of hydrogen-bond donors (Lipinski definition) is 3. The van der Waals surface area contributed by atoms with Crippen LogP contribution in [0.1, 0.15) is 78.5 Å². The highest BCUT2D eigenvalue weighted by Crippen LogP contribution is 2.30. The Morgan fingerprint density at radius 3 is 1.71 bits per heavy atom. The fourth-order valence-electron chi connectivity index (χ4n) is 3.13. The summed E-state index contributed by atoms with van der Waals surface area (Å²) in [7, 11) is 1.61. The first-order chi connectivity index (χ1) is 19.2. The first kappa shape index (κ1) is 36.5. The Labute approximate surface area is 240 Å². The number of amides is 4. The predicted molar refractivity (Wildman–Crippen MR) is 151 cm³/mol. The molecule has 1 unspecified atom stereocenters. The number of carbonyl (C=O) groups excluding carboxylic acids is 5. The summed E-state index contributed by atoms with van der Waals surface area (Å²) in [4.78, 5) is 72.7. The first-order valence-corrected chi connectivity index (χ1v) is 13.0. The topological polar surface area (TPSA) is 182 Å². The van der Waals surface area contributed by atoms with E-state index in [1.165, 1.54) is 13.8 Å². The highest BCUT2D eigenvalue weighted by molar-refractivity contribution is 6.35. The number of nitrogens with zero attached hydrogens (tertiary/aromatic N) is 2. The van der Waals surface area contributed by atoms with Crippen LogP contribution < -0.4 is 15.4 Å². The number of barbiturate groups is 1. The molecule has 12 nitrogen and oxygen atoms in total. The number of ketones is 2. The normalized spacial score (nSPS) is 13.8. The number of carbonyl (C=O) groups is 6. The number of imide groups is 2. The van der Waals surface area contributed by atoms with Gasteiger partial charge in [-0.3, -0.25) is 39.6 Å². The van der Waals surface area contributed by atoms with Gasteiger partial charge in [-0.15, -0.1) is 0 Å². The Bertz CT molecular complexity index is 1170. The molecule has 1 aromatic carbocycles. The van der Waals surface area contributed by atoms with Crippen molar-refractivity contribution in [2.24, 2.45) is 5.92 Å². The molecule has 1 aliphatic heterocycles. The molecule has 12 heteroatoms. The number of hydrogen-bond acceptors (Lipinski definition) is 9. The monoisotopic (exact) mass is 572 g/mol. The zero-order valence-electron chi connectivity index (χ0n) is 24.8. The predicted octanol–water partition coefficient (Wildman–Crippen LogP) is 3.59. The highest BCUT2D eigenvalue weighted by atomic mass is 16.5. The van der Waals surface area contributed by atoms with E-state index in [4.69, 9.17) is 9.84 Å². The molecule has 0 aliphatic carbocycles. The Hall–Kier alpha value is -4.48. The maximum atomic E-state index is 12.0. The lowest BCUT2D eigenvalue weighted by molar-refractivity contribution is -0.141. The van der Waals surface area contributed by atoms with E-state index in [0.29, 0.717) is 23.8 Å². The molecule has 0 saturated carbocycles. The summed E-state index contributed by atoms with van der Waals surface area (Å²) in [6.45, 7) is 11.9. The van der Waals surface area contributed by atoms with Crippen molar-refractivity contribution in [2.45, 2.75) is 72.6 Å². The number of aliphatic carboxylic acids is 1. The average Bonchev–Trinajstić information content (AvgIpc) is 2.94. The standard InChI is InChI=1S/C12H12N2O3.C8H12N2O.C5H10O2.C4H6O2/c1-2-12(8-6-4-3-5-7-8)9(15)13-11(17)14-10(12)16;1-6(2)7-8(11-3)10-5-4-9-7;1-3-4(2)5(6)7;1-3(5)4(2)6/h3-7H,2H2,1H3,(H2,13,14,15,16,17);4-6H,1-3H3;4H,3H2,1-2H3,(H,6,7);1-2H3. The van der Waals surface area contributed by atoms with Crippen LogP contribution in [-0.2, 0) is 29.4 Å². The van der Waals surface area contributed by atoms with Gasteiger partial charge in [0.2, 0.25) is 17.7 Å². The molecule has 3 rings (SSSR count). The van der Waals surface area contributed by atoms with Gasteiger partial charge in [0, 0.05) is 32.2 Å². The van der Waals surface area contributed by atoms with E-state index in [2.05, 4.69) is 34.4 Å². The summed E-state index contributed by atoms with van der Waals surface area (Å²) in [5.74, 6) is -1.80. The van der Waals surface area contributed by atoms with Crippen LogP contribution in [0.4, 0.5) is 4.79 Å². The van der Waals surface area contributed by atoms with Crippen molar-refractivity contribution >= 4 is 35.4 Å². The number of aromatic nitrogens is 2. The van der Waals surface area contributed by atoms with Crippen molar-refractivity contribution in [3.8, 4) is 5.88 Å². The van der Waals surface area contributed by atoms with E-state index in [-0.39, 0.29) is 17.5 Å². The van der Waals surface area contributed by atoms with E-state index in [0.717, 1.165) is 12.1 Å². The molecule has 0 radical (unpaired) electrons. The minimum atomic E-state index is -1.31. The Morgan fingerprint density at radius 2 is 1.39 bits per heavy atom. The van der Waals surface area contributed by atoms with Crippen molar-refractivity contribution < 1.29 is 38.6 Å². The van der Waals surface area contributed by atoms with Gasteiger partial charge < -0.3 is 9.84 Å². The van der Waals surface area contributed by atoms with E-state index >= 15 is 0 Å². The van der Waals surface area contributed by atoms with E-state index in [1.807, 2.05) is 6.92 Å². The van der Waals surface area contributed by atoms with Gasteiger partial charge in [-0.05, 0) is 18.4 Å². The van der Waals surface area contributed by atoms with Crippen molar-refractivity contribution in [2.75, 3.05) is 7.11 Å². The van der Waals surface area contributed by atoms with Crippen molar-refractivity contribution in [1.29, 1.82) is 0 Å². The first-order valence-electron chi connectivity index (χ1n) is 13.0. The molecular formula is C29H40N4O8. The molecule has 224 valence electrons. The van der Waals surface area contributed by atoms with Crippen LogP contribution in [0, 0.1) is 5.92 Å². The van der Waals surface area contributed by atoms with Crippen LogP contribution >= 0.6 is 0 Å². The maximum absolute atomic E-state index is 12.0. The number of carboxylic acids is 1. The number of benzene rings is 1. The van der Waals surface area contributed by atoms with Gasteiger partial charge in [-0.2, -0.15) is 0 Å². The summed E-state index contributed by atoms with van der Waals surface area (Å²) < 4.78 is 5.03. The molecule has 0 spiro atoms. The minimum Gasteiger partial charge on any atom is -0.481 e. The molecule has 1 atom stereocenters. The third-order valence-corrected chi connectivity index (χ3v) is 5.99. The van der Waals surface area contributed by atoms with E-state index < -0.39 is 29.2 Å². The quantitative estimate of drug-likeness (QED) is 0.327. The van der Waals surface area contributed by atoms with Crippen LogP contribution in [0.2, 0.25) is 0 Å². The Balaban J connectivity index is 0.000000574. The Kier molecular flexibility index (Phi) is 16.0. The molecule has 2 aromatic rings. The summed E-state index contributed by atoms with van der Waals surface area (Å²) >= 11 is 0. The molecule has 2 heterocycles. The summed E-state index contributed by atoms with van der Waals surface area (Å²) in [6, 6.07) is 7.96. The second kappa shape index (κ2) is 18.0. The zero-order valence-corrected chi connectivity index (χ0v) is 24.8. The molecule has 4 amide bonds. The minimum absolute atomic E-state index is 0.181. The molecule has 1 aromatic heterocycles. The highest BCUT2D eigenvalue weighted by Gasteiger charge is 2.50. The maximum Gasteiger partial charge on any atom is 0.328 e. The number of nitrogens with one attached hydrogen (secondary N) is 2. The molecule has 0 bridgehead atoms. The van der Waals surface area contributed by atoms with Crippen molar-refractivity contribution in [3.05, 3.63) is 54.0 Å². The molecule has 3 N–H and O–H groups in total. The lowest BCUT2D eigenvalue weighted by Gasteiger charge is -2.33. The van der Waals surface area contributed by atoms with Gasteiger partial charge in [-0.1, -0.05) is 65.0 Å². The second-order valence-electron chi connectivity index (χ2n) is 9.23. The average molecular weight is 573 g/mol. The third kappa shape index (κ3) is 11.3. The molecule has 1 fully saturated rings. The number of ether oxygens (including phenoxy) is 1. The number of methoxy groups -OCH3 is 1. The van der Waals surface area contributed by atoms with Gasteiger partial charge in [0.15, 0.2) is 17.0 Å². The molecular weight excluding hydrogens is 532 g/mol. The SMILES string of the molecule is CC(=O)C(C)=O.CCC(C)C(=O)O.CCC1(c2ccccc2)C(=O)NC(=O)NC1=O.COc1nccnc1C(C)C. The summed E-state index contributed by atoms with van der Waals surface area (Å²) in [6.07, 6.45) is 4.32. The molecule has 41 heavy (non-hydrogen) atoms. The summed E-state index contributed by atoms with van der Waals surface area (Å²) in [5.41, 5.74) is 0.190. The van der Waals surface area contributed by atoms with E-state index in [1.54, 1.807) is 63.7 Å². The lowest BCUT2D eigenvalue weighted by atomic mass is 9.75. The van der Waals surface area contributed by atoms with Gasteiger partial charge in [-0.25, -0.2) is 9.78 Å². The second-order valence-corrected chi connectivity index (χ2v) is 9.23. The Morgan fingerprint density at radius 1 is 0.902 bits per heavy atom. The van der Waals surface area contributed by atoms with Gasteiger partial charge >= 0.3 is 12.0 Å². The van der Waals surface area contributed by atoms with E-state index in [9.17, 15) is 28.8 Å². The fraction of sp³-hybridized carbons (Fsp3) is 0.448. The largest absolute Gasteiger partial charge is 0.481 e. The van der Waals surface area contributed by atoms with Crippen LogP contribution in [-0.4, -0.2) is 57.6 Å². The van der Waals surface area contributed by atoms with Crippen molar-refractivity contribution in [1.82, 2.24) is 20.6 Å². The third-order valence-electron chi connectivity index (χ3n) is 5.99. The number of rotatable bonds is 7. The molecule has 1 aliphatic rings. The number of Topliss-reactive ketones (excluding diaryl/α,β-unsaturated/α-hetero) is 2. The van der Waals surface area contributed by atoms with Crippen LogP contribution in [0.25, 0.3) is 0 Å². The number of carboxylic acid groups (broad SMARTS) is 1. The zero-order chi connectivity index (χ0) is 31.8. The van der Waals surface area contributed by atoms with Gasteiger partial charge in [0.1, 0.15) is 5.69 Å². The number of urea groups is 1. The lowest BCUT2D eigenvalue weighted by Crippen LogP contribution is -2.64. The smallest absolute Gasteiger partial charge is 0.328 e. The van der Waals surface area contributed by atoms with Gasteiger partial charge in [0.25, 0.3) is 0 Å². The van der Waals surface area contributed by atoms with Crippen molar-refractivity contribution in [3.63, 3.8) is 0 Å². The van der Waals surface area contributed by atoms with Crippen LogP contribution in [0.15, 0.2) is 42.7 Å².